The predicted molar refractivity (Wildman–Crippen MR) is 170 cm³/mol. The topological polar surface area (TPSA) is 53.6 Å². The first-order valence-corrected chi connectivity index (χ1v) is 15.7. The number of nitrogens with zero attached hydrogens (tertiary/aromatic N) is 1. The molecule has 5 nitrogen and oxygen atoms in total. The molecule has 0 bridgehead atoms. The number of carbonyl (C=O) groups excluding carboxylic acids is 1. The second-order valence-electron chi connectivity index (χ2n) is 11.6. The van der Waals surface area contributed by atoms with Crippen molar-refractivity contribution in [1.29, 1.82) is 0 Å². The van der Waals surface area contributed by atoms with Gasteiger partial charge in [0.25, 0.3) is 5.91 Å². The minimum absolute atomic E-state index is 0.0910. The second-order valence-corrected chi connectivity index (χ2v) is 12.0. The highest BCUT2D eigenvalue weighted by Gasteiger charge is 2.25. The van der Waals surface area contributed by atoms with Crippen LogP contribution in [-0.2, 0) is 6.54 Å². The predicted octanol–water partition coefficient (Wildman–Crippen LogP) is 7.52. The van der Waals surface area contributed by atoms with Crippen molar-refractivity contribution in [2.75, 3.05) is 13.1 Å². The minimum Gasteiger partial charge on any atom is -0.457 e. The van der Waals surface area contributed by atoms with Crippen molar-refractivity contribution in [3.63, 3.8) is 0 Å². The molecule has 2 fully saturated rings. The normalized spacial score (nSPS) is 17.5. The van der Waals surface area contributed by atoms with Crippen LogP contribution in [0.5, 0.6) is 11.5 Å². The quantitative estimate of drug-likeness (QED) is 0.234. The first-order chi connectivity index (χ1) is 20.1. The number of rotatable bonds is 11. The molecule has 0 aromatic heterocycles. The molecule has 2 N–H and O–H groups in total. The number of nitrogens with one attached hydrogen (secondary N) is 2. The molecule has 1 saturated heterocycles. The van der Waals surface area contributed by atoms with E-state index in [-0.39, 0.29) is 11.9 Å². The number of benzene rings is 3. The van der Waals surface area contributed by atoms with Crippen LogP contribution in [0.3, 0.4) is 0 Å². The molecule has 3 aromatic rings. The Hall–Kier alpha value is -3.22. The number of thiocarbonyl (C=S) groups is 1. The SMILES string of the molecule is O=C(N[C@H](CCC1CCCCC1)C(=S)NC1CCN(Cc2ccccc2)CC1)c1ccc(Oc2ccccc2)cc1. The van der Waals surface area contributed by atoms with E-state index in [0.717, 1.165) is 62.0 Å². The summed E-state index contributed by atoms with van der Waals surface area (Å²) < 4.78 is 5.90. The number of hydrogen-bond donors (Lipinski definition) is 2. The summed E-state index contributed by atoms with van der Waals surface area (Å²) in [5, 5.41) is 6.93. The van der Waals surface area contributed by atoms with Crippen LogP contribution < -0.4 is 15.4 Å². The van der Waals surface area contributed by atoms with Crippen LogP contribution in [0.2, 0.25) is 0 Å². The number of piperidine rings is 1. The molecule has 1 aliphatic carbocycles. The molecule has 0 spiro atoms. The molecule has 1 heterocycles. The van der Waals surface area contributed by atoms with Crippen LogP contribution in [0.4, 0.5) is 0 Å². The molecule has 5 rings (SSSR count). The van der Waals surface area contributed by atoms with Crippen LogP contribution in [0.1, 0.15) is 73.7 Å². The Labute approximate surface area is 250 Å². The van der Waals surface area contributed by atoms with Gasteiger partial charge in [0.2, 0.25) is 0 Å². The van der Waals surface area contributed by atoms with Gasteiger partial charge < -0.3 is 15.4 Å². The summed E-state index contributed by atoms with van der Waals surface area (Å²) in [4.78, 5) is 16.6. The number of ether oxygens (including phenoxy) is 1. The van der Waals surface area contributed by atoms with Crippen molar-refractivity contribution in [3.8, 4) is 11.5 Å². The monoisotopic (exact) mass is 569 g/mol. The Bertz CT molecular complexity index is 1220. The molecule has 1 aliphatic heterocycles. The van der Waals surface area contributed by atoms with Crippen molar-refractivity contribution >= 4 is 23.1 Å². The van der Waals surface area contributed by atoms with Crippen LogP contribution in [-0.4, -0.2) is 41.0 Å². The zero-order chi connectivity index (χ0) is 28.3. The van der Waals surface area contributed by atoms with Crippen LogP contribution in [0, 0.1) is 5.92 Å². The summed E-state index contributed by atoms with van der Waals surface area (Å²) in [5.41, 5.74) is 1.98. The first-order valence-electron chi connectivity index (χ1n) is 15.3. The van der Waals surface area contributed by atoms with Gasteiger partial charge in [0.15, 0.2) is 0 Å². The van der Waals surface area contributed by atoms with Gasteiger partial charge in [0.1, 0.15) is 11.5 Å². The fourth-order valence-corrected chi connectivity index (χ4v) is 6.41. The number of hydrogen-bond acceptors (Lipinski definition) is 4. The highest BCUT2D eigenvalue weighted by molar-refractivity contribution is 7.80. The fourth-order valence-electron chi connectivity index (χ4n) is 6.07. The lowest BCUT2D eigenvalue weighted by Gasteiger charge is -2.34. The van der Waals surface area contributed by atoms with Gasteiger partial charge in [-0.3, -0.25) is 9.69 Å². The van der Waals surface area contributed by atoms with Gasteiger partial charge in [-0.1, -0.05) is 92.9 Å². The number of carbonyl (C=O) groups is 1. The highest BCUT2D eigenvalue weighted by Crippen LogP contribution is 2.28. The molecule has 1 amide bonds. The third kappa shape index (κ3) is 9.14. The Morgan fingerprint density at radius 3 is 2.15 bits per heavy atom. The van der Waals surface area contributed by atoms with E-state index >= 15 is 0 Å². The van der Waals surface area contributed by atoms with E-state index in [0.29, 0.717) is 17.4 Å². The molecule has 0 radical (unpaired) electrons. The lowest BCUT2D eigenvalue weighted by molar-refractivity contribution is 0.0943. The lowest BCUT2D eigenvalue weighted by Crippen LogP contribution is -2.51. The van der Waals surface area contributed by atoms with Crippen molar-refractivity contribution in [2.45, 2.75) is 76.4 Å². The average Bonchev–Trinajstić information content (AvgIpc) is 3.02. The van der Waals surface area contributed by atoms with Gasteiger partial charge in [-0.2, -0.15) is 0 Å². The molecule has 2 aliphatic rings. The lowest BCUT2D eigenvalue weighted by atomic mass is 9.85. The Kier molecular flexibility index (Phi) is 10.8. The summed E-state index contributed by atoms with van der Waals surface area (Å²) in [6, 6.07) is 27.9. The largest absolute Gasteiger partial charge is 0.457 e. The van der Waals surface area contributed by atoms with E-state index in [1.54, 1.807) is 0 Å². The number of amides is 1. The highest BCUT2D eigenvalue weighted by atomic mass is 32.1. The van der Waals surface area contributed by atoms with Gasteiger partial charge in [0, 0.05) is 31.2 Å². The molecular formula is C35H43N3O2S. The van der Waals surface area contributed by atoms with Crippen molar-refractivity contribution < 1.29 is 9.53 Å². The molecule has 41 heavy (non-hydrogen) atoms. The summed E-state index contributed by atoms with van der Waals surface area (Å²) in [5.74, 6) is 2.13. The van der Waals surface area contributed by atoms with Gasteiger partial charge in [-0.15, -0.1) is 0 Å². The van der Waals surface area contributed by atoms with E-state index in [1.807, 2.05) is 54.6 Å². The van der Waals surface area contributed by atoms with Crippen LogP contribution in [0.15, 0.2) is 84.9 Å². The second kappa shape index (κ2) is 15.1. The molecule has 6 heteroatoms. The van der Waals surface area contributed by atoms with Gasteiger partial charge >= 0.3 is 0 Å². The Balaban J connectivity index is 1.16. The average molecular weight is 570 g/mol. The molecular weight excluding hydrogens is 526 g/mol. The maximum atomic E-state index is 13.3. The Morgan fingerprint density at radius 2 is 1.46 bits per heavy atom. The number of para-hydroxylation sites is 1. The van der Waals surface area contributed by atoms with Crippen molar-refractivity contribution in [3.05, 3.63) is 96.1 Å². The maximum absolute atomic E-state index is 13.3. The third-order valence-electron chi connectivity index (χ3n) is 8.49. The molecule has 216 valence electrons. The zero-order valence-electron chi connectivity index (χ0n) is 24.0. The van der Waals surface area contributed by atoms with E-state index < -0.39 is 0 Å². The fraction of sp³-hybridized carbons (Fsp3) is 0.429. The van der Waals surface area contributed by atoms with E-state index in [4.69, 9.17) is 17.0 Å². The third-order valence-corrected chi connectivity index (χ3v) is 8.89. The molecule has 1 saturated carbocycles. The summed E-state index contributed by atoms with van der Waals surface area (Å²) in [7, 11) is 0. The standard InChI is InChI=1S/C35H43N3O2S/c39-34(29-17-19-32(20-18-29)40-31-14-8-3-9-15-31)37-33(21-16-27-10-4-1-5-11-27)35(41)36-30-22-24-38(25-23-30)26-28-12-6-2-7-13-28/h2-3,6-9,12-15,17-20,27,30,33H,1,4-5,10-11,16,21-26H2,(H,36,41)(H,37,39)/t33-/m1/s1. The van der Waals surface area contributed by atoms with Crippen molar-refractivity contribution in [1.82, 2.24) is 15.5 Å². The zero-order valence-corrected chi connectivity index (χ0v) is 24.8. The Morgan fingerprint density at radius 1 is 0.829 bits per heavy atom. The van der Waals surface area contributed by atoms with Gasteiger partial charge in [-0.05, 0) is 73.6 Å². The van der Waals surface area contributed by atoms with Gasteiger partial charge in [-0.25, -0.2) is 0 Å². The molecule has 3 aromatic carbocycles. The summed E-state index contributed by atoms with van der Waals surface area (Å²) >= 11 is 5.96. The first kappa shape index (κ1) is 29.3. The van der Waals surface area contributed by atoms with Crippen molar-refractivity contribution in [2.24, 2.45) is 5.92 Å². The minimum atomic E-state index is -0.165. The van der Waals surface area contributed by atoms with Crippen LogP contribution >= 0.6 is 12.2 Å². The summed E-state index contributed by atoms with van der Waals surface area (Å²) in [6.07, 6.45) is 10.7. The van der Waals surface area contributed by atoms with E-state index in [9.17, 15) is 4.79 Å². The smallest absolute Gasteiger partial charge is 0.251 e. The van der Waals surface area contributed by atoms with E-state index in [1.165, 1.54) is 37.7 Å². The van der Waals surface area contributed by atoms with E-state index in [2.05, 4.69) is 45.9 Å². The maximum Gasteiger partial charge on any atom is 0.251 e. The molecule has 1 atom stereocenters. The summed E-state index contributed by atoms with van der Waals surface area (Å²) in [6.45, 7) is 3.09. The number of likely N-dealkylation sites (tertiary alicyclic amines) is 1. The van der Waals surface area contributed by atoms with Gasteiger partial charge in [0.05, 0.1) is 11.0 Å². The molecule has 0 unspecified atom stereocenters. The van der Waals surface area contributed by atoms with Crippen LogP contribution in [0.25, 0.3) is 0 Å².